The van der Waals surface area contributed by atoms with Crippen LogP contribution in [0.15, 0.2) is 132 Å². The number of aryl methyl sites for hydroxylation is 2. The summed E-state index contributed by atoms with van der Waals surface area (Å²) in [4.78, 5) is 8.80. The second-order valence-corrected chi connectivity index (χ2v) is 15.0. The molecule has 0 amide bonds. The van der Waals surface area contributed by atoms with Crippen molar-refractivity contribution in [2.24, 2.45) is 5.41 Å². The molecular formula is C50H44IrN2O-2. The van der Waals surface area contributed by atoms with E-state index in [2.05, 4.69) is 79.5 Å². The van der Waals surface area contributed by atoms with Gasteiger partial charge in [-0.25, -0.2) is 0 Å². The van der Waals surface area contributed by atoms with Crippen molar-refractivity contribution >= 4 is 21.9 Å². The van der Waals surface area contributed by atoms with Gasteiger partial charge in [0.2, 0.25) is 0 Å². The average Bonchev–Trinajstić information content (AvgIpc) is 3.72. The van der Waals surface area contributed by atoms with Crippen LogP contribution in [0.4, 0.5) is 0 Å². The summed E-state index contributed by atoms with van der Waals surface area (Å²) >= 11 is 0. The van der Waals surface area contributed by atoms with E-state index >= 15 is 0 Å². The summed E-state index contributed by atoms with van der Waals surface area (Å²) < 4.78 is 67.4. The SMILES string of the molecule is [2H]C([2H])([2H])c1c[c-]c(-c2ccc(C([2H])([2H])[2H])cn2)cc1.[2H]C([2H])(c1ccc(-c2ccnc(-c3[c-]ccc4c3oc3ccc5c(c34)-c3ccccc3C5(C)C)c2)cc1)C(C)(C)C.[Ir]. The number of fused-ring (bicyclic) bond motifs is 7. The molecule has 271 valence electrons. The van der Waals surface area contributed by atoms with Crippen LogP contribution in [-0.4, -0.2) is 9.97 Å². The monoisotopic (exact) mass is 889 g/mol. The van der Waals surface area contributed by atoms with Crippen molar-refractivity contribution in [1.82, 2.24) is 9.97 Å². The fraction of sp³-hybridized carbons (Fsp3) is 0.200. The molecule has 4 heteroatoms. The Morgan fingerprint density at radius 3 is 2.30 bits per heavy atom. The molecule has 5 aromatic carbocycles. The van der Waals surface area contributed by atoms with Crippen molar-refractivity contribution in [3.05, 3.63) is 168 Å². The number of rotatable bonds is 4. The van der Waals surface area contributed by atoms with E-state index in [0.717, 1.165) is 44.3 Å². The van der Waals surface area contributed by atoms with Crippen LogP contribution in [0.1, 0.15) is 73.4 Å². The Morgan fingerprint density at radius 1 is 0.778 bits per heavy atom. The van der Waals surface area contributed by atoms with E-state index in [-0.39, 0.29) is 36.6 Å². The zero-order valence-electron chi connectivity index (χ0n) is 38.8. The maximum absolute atomic E-state index is 8.61. The molecule has 0 atom stereocenters. The second kappa shape index (κ2) is 14.6. The molecule has 0 unspecified atom stereocenters. The van der Waals surface area contributed by atoms with E-state index in [1.54, 1.807) is 12.1 Å². The molecule has 3 nitrogen and oxygen atoms in total. The number of pyridine rings is 2. The first-order valence-corrected chi connectivity index (χ1v) is 17.7. The van der Waals surface area contributed by atoms with Crippen LogP contribution >= 0.6 is 0 Å². The summed E-state index contributed by atoms with van der Waals surface area (Å²) in [5, 5.41) is 2.21. The van der Waals surface area contributed by atoms with E-state index < -0.39 is 25.5 Å². The van der Waals surface area contributed by atoms with Crippen molar-refractivity contribution in [1.29, 1.82) is 0 Å². The first-order chi connectivity index (χ1) is 28.7. The molecule has 1 radical (unpaired) electrons. The molecule has 3 heterocycles. The molecule has 3 aromatic heterocycles. The van der Waals surface area contributed by atoms with Gasteiger partial charge in [-0.05, 0) is 86.7 Å². The Balaban J connectivity index is 0.000000233. The Kier molecular flexibility index (Phi) is 7.65. The van der Waals surface area contributed by atoms with Crippen LogP contribution in [0, 0.1) is 31.3 Å². The van der Waals surface area contributed by atoms with Crippen molar-refractivity contribution < 1.29 is 35.5 Å². The normalized spacial score (nSPS) is 15.7. The zero-order chi connectivity index (χ0) is 43.7. The van der Waals surface area contributed by atoms with Gasteiger partial charge in [-0.3, -0.25) is 0 Å². The molecule has 0 N–H and O–H groups in total. The van der Waals surface area contributed by atoms with Crippen LogP contribution in [0.5, 0.6) is 0 Å². The topological polar surface area (TPSA) is 38.9 Å². The number of aromatic nitrogens is 2. The predicted octanol–water partition coefficient (Wildman–Crippen LogP) is 13.2. The molecule has 0 saturated heterocycles. The summed E-state index contributed by atoms with van der Waals surface area (Å²) in [7, 11) is 0. The average molecular weight is 889 g/mol. The van der Waals surface area contributed by atoms with Gasteiger partial charge in [-0.1, -0.05) is 125 Å². The Hall–Kier alpha value is -5.15. The summed E-state index contributed by atoms with van der Waals surface area (Å²) in [5.41, 5.74) is 12.1. The van der Waals surface area contributed by atoms with Crippen LogP contribution in [0.3, 0.4) is 0 Å². The van der Waals surface area contributed by atoms with E-state index in [0.29, 0.717) is 16.8 Å². The maximum Gasteiger partial charge on any atom is 0.121 e. The first-order valence-electron chi connectivity index (χ1n) is 21.7. The largest absolute Gasteiger partial charge is 0.501 e. The third kappa shape index (κ3) is 7.09. The van der Waals surface area contributed by atoms with E-state index in [1.165, 1.54) is 46.6 Å². The third-order valence-corrected chi connectivity index (χ3v) is 9.75. The van der Waals surface area contributed by atoms with Gasteiger partial charge < -0.3 is 14.4 Å². The molecule has 1 aliphatic carbocycles. The molecule has 0 fully saturated rings. The first kappa shape index (κ1) is 28.3. The maximum atomic E-state index is 8.61. The number of hydrogen-bond acceptors (Lipinski definition) is 3. The van der Waals surface area contributed by atoms with Gasteiger partial charge in [0, 0.05) is 54.3 Å². The second-order valence-electron chi connectivity index (χ2n) is 15.0. The minimum Gasteiger partial charge on any atom is -0.501 e. The minimum atomic E-state index is -2.18. The van der Waals surface area contributed by atoms with Crippen LogP contribution in [-0.2, 0) is 31.9 Å². The molecular weight excluding hydrogens is 837 g/mol. The van der Waals surface area contributed by atoms with E-state index in [4.69, 9.17) is 20.4 Å². The van der Waals surface area contributed by atoms with Crippen LogP contribution in [0.25, 0.3) is 66.7 Å². The van der Waals surface area contributed by atoms with E-state index in [1.807, 2.05) is 63.4 Å². The minimum absolute atomic E-state index is 0. The summed E-state index contributed by atoms with van der Waals surface area (Å²) in [5.74, 6) is 0. The summed E-state index contributed by atoms with van der Waals surface area (Å²) in [6.07, 6.45) is 1.68. The predicted molar refractivity (Wildman–Crippen MR) is 220 cm³/mol. The van der Waals surface area contributed by atoms with Crippen molar-refractivity contribution in [2.75, 3.05) is 0 Å². The van der Waals surface area contributed by atoms with Crippen molar-refractivity contribution in [3.63, 3.8) is 0 Å². The van der Waals surface area contributed by atoms with Crippen LogP contribution in [0.2, 0.25) is 0 Å². The Labute approximate surface area is 344 Å². The number of nitrogens with zero attached hydrogens (tertiary/aromatic N) is 2. The van der Waals surface area contributed by atoms with Crippen molar-refractivity contribution in [2.45, 2.75) is 60.1 Å². The molecule has 8 aromatic rings. The molecule has 0 saturated carbocycles. The number of furan rings is 1. The summed E-state index contributed by atoms with van der Waals surface area (Å²) in [6.45, 7) is 6.04. The Bertz CT molecular complexity index is 2850. The quantitative estimate of drug-likeness (QED) is 0.165. The third-order valence-electron chi connectivity index (χ3n) is 9.75. The smallest absolute Gasteiger partial charge is 0.121 e. The van der Waals surface area contributed by atoms with Gasteiger partial charge in [0.05, 0.1) is 5.58 Å². The van der Waals surface area contributed by atoms with Gasteiger partial charge in [-0.15, -0.1) is 53.6 Å². The van der Waals surface area contributed by atoms with Gasteiger partial charge >= 0.3 is 0 Å². The van der Waals surface area contributed by atoms with E-state index in [9.17, 15) is 0 Å². The molecule has 54 heavy (non-hydrogen) atoms. The molecule has 0 spiro atoms. The van der Waals surface area contributed by atoms with Gasteiger partial charge in [-0.2, -0.15) is 0 Å². The molecule has 9 rings (SSSR count). The van der Waals surface area contributed by atoms with Gasteiger partial charge in [0.1, 0.15) is 5.58 Å². The van der Waals surface area contributed by atoms with Gasteiger partial charge in [0.15, 0.2) is 0 Å². The number of benzene rings is 5. The molecule has 0 aliphatic heterocycles. The number of hydrogen-bond donors (Lipinski definition) is 0. The fourth-order valence-electron chi connectivity index (χ4n) is 7.28. The zero-order valence-corrected chi connectivity index (χ0v) is 33.2. The molecule has 1 aliphatic rings. The fourth-order valence-corrected chi connectivity index (χ4v) is 7.28. The standard InChI is InChI=1S/C37H32NO.C13H12N.Ir/c1-36(2,3)22-23-13-15-24(16-14-23)25-19-20-38-31(21-25)27-10-8-11-28-34-32(39-35(27)28)18-17-30-33(34)26-9-6-7-12-29(26)37(30,4)5;1-10-3-6-12(7-4-10)13-8-5-11(2)9-14-13;/h6-9,11-21H,22H2,1-5H3;3-6,8-9H,1-2H3;/q2*-1;/i22D2;1D3,2D3;. The van der Waals surface area contributed by atoms with Crippen molar-refractivity contribution in [3.8, 4) is 44.8 Å². The Morgan fingerprint density at radius 2 is 1.57 bits per heavy atom. The summed E-state index contributed by atoms with van der Waals surface area (Å²) in [6, 6.07) is 42.8. The van der Waals surface area contributed by atoms with Crippen LogP contribution < -0.4 is 0 Å². The molecule has 0 bridgehead atoms. The van der Waals surface area contributed by atoms with Gasteiger partial charge in [0.25, 0.3) is 0 Å².